The zero-order valence-corrected chi connectivity index (χ0v) is 38.7. The summed E-state index contributed by atoms with van der Waals surface area (Å²) >= 11 is 0. The molecular weight excluding hydrogens is 814 g/mol. The van der Waals surface area contributed by atoms with Crippen molar-refractivity contribution in [1.82, 2.24) is 4.90 Å². The van der Waals surface area contributed by atoms with Crippen molar-refractivity contribution < 1.29 is 62.2 Å². The molecule has 15 unspecified atom stereocenters. The van der Waals surface area contributed by atoms with Crippen LogP contribution in [-0.4, -0.2) is 127 Å². The van der Waals surface area contributed by atoms with E-state index in [1.165, 1.54) is 14.2 Å². The second-order valence-corrected chi connectivity index (χ2v) is 18.5. The summed E-state index contributed by atoms with van der Waals surface area (Å²) in [5.41, 5.74) is 0.986. The third kappa shape index (κ3) is 11.8. The lowest BCUT2D eigenvalue weighted by Gasteiger charge is -2.47. The number of carbonyl (C=O) groups excluding carboxylic acids is 4. The largest absolute Gasteiger partial charge is 0.488 e. The Balaban J connectivity index is 1.51. The third-order valence-electron chi connectivity index (χ3n) is 14.1. The van der Waals surface area contributed by atoms with Gasteiger partial charge in [0.1, 0.15) is 42.1 Å². The Labute approximate surface area is 373 Å². The van der Waals surface area contributed by atoms with Crippen LogP contribution in [0, 0.1) is 29.6 Å². The number of esters is 1. The number of piperidine rings is 1. The molecule has 1 saturated carbocycles. The van der Waals surface area contributed by atoms with E-state index in [0.29, 0.717) is 43.3 Å². The van der Waals surface area contributed by atoms with Gasteiger partial charge in [-0.3, -0.25) is 14.4 Å². The van der Waals surface area contributed by atoms with Crippen molar-refractivity contribution >= 4 is 23.4 Å². The van der Waals surface area contributed by atoms with Crippen LogP contribution in [-0.2, 0) is 42.9 Å². The van der Waals surface area contributed by atoms with Gasteiger partial charge >= 0.3 is 5.97 Å². The van der Waals surface area contributed by atoms with E-state index in [1.807, 2.05) is 50.3 Å². The summed E-state index contributed by atoms with van der Waals surface area (Å²) in [7, 11) is 4.54. The Kier molecular flexibility index (Phi) is 18.1. The van der Waals surface area contributed by atoms with Gasteiger partial charge in [-0.05, 0) is 107 Å². The molecule has 2 saturated heterocycles. The second kappa shape index (κ2) is 22.6. The van der Waals surface area contributed by atoms with Gasteiger partial charge in [-0.2, -0.15) is 0 Å². The fourth-order valence-corrected chi connectivity index (χ4v) is 10.1. The Morgan fingerprint density at radius 1 is 0.921 bits per heavy atom. The number of ether oxygens (including phenoxy) is 6. The number of hydrogen-bond acceptors (Lipinski definition) is 12. The summed E-state index contributed by atoms with van der Waals surface area (Å²) in [5.74, 6) is -8.27. The average molecular weight is 886 g/mol. The first-order valence-corrected chi connectivity index (χ1v) is 22.9. The van der Waals surface area contributed by atoms with Gasteiger partial charge in [-0.15, -0.1) is 0 Å². The van der Waals surface area contributed by atoms with Crippen molar-refractivity contribution in [2.45, 2.75) is 166 Å². The molecule has 13 nitrogen and oxygen atoms in total. The lowest BCUT2D eigenvalue weighted by Crippen LogP contribution is -2.64. The number of rotatable bonds is 8. The predicted molar refractivity (Wildman–Crippen MR) is 233 cm³/mol. The topological polar surface area (TPSA) is 167 Å². The highest BCUT2D eigenvalue weighted by atomic mass is 19.1. The monoisotopic (exact) mass is 886 g/mol. The normalized spacial score (nSPS) is 39.3. The SMILES string of the molecule is CCC1/C=C(\C)C(F)C(C)CC(OC)C2OC(O)(C(=O)C(=O)N3CCCCC3C(=O)OC(C(C)=CC3CCC(Oc4ccccc4)C(OC)C3)C(C)C(O)CC1=O)C(C)CC2OC. The van der Waals surface area contributed by atoms with Gasteiger partial charge in [0.2, 0.25) is 5.79 Å². The van der Waals surface area contributed by atoms with Crippen LogP contribution in [0.15, 0.2) is 53.6 Å². The Bertz CT molecular complexity index is 1770. The van der Waals surface area contributed by atoms with Gasteiger partial charge < -0.3 is 43.5 Å². The van der Waals surface area contributed by atoms with Crippen LogP contribution in [0.2, 0.25) is 0 Å². The molecular formula is C49H72FNO12. The van der Waals surface area contributed by atoms with Crippen molar-refractivity contribution in [2.24, 2.45) is 29.6 Å². The van der Waals surface area contributed by atoms with Crippen molar-refractivity contribution in [3.8, 4) is 5.75 Å². The number of halogens is 1. The highest BCUT2D eigenvalue weighted by molar-refractivity contribution is 6.39. The number of Topliss-reactive ketones (excluding diaryl/α,β-unsaturated/α-hetero) is 2. The summed E-state index contributed by atoms with van der Waals surface area (Å²) in [5, 5.41) is 23.9. The first-order valence-electron chi connectivity index (χ1n) is 22.9. The number of benzene rings is 1. The molecule has 1 aromatic carbocycles. The number of allylic oxidation sites excluding steroid dienone is 3. The number of alkyl halides is 1. The van der Waals surface area contributed by atoms with Crippen molar-refractivity contribution in [2.75, 3.05) is 27.9 Å². The van der Waals surface area contributed by atoms with Crippen LogP contribution in [0.25, 0.3) is 0 Å². The van der Waals surface area contributed by atoms with Gasteiger partial charge in [-0.1, -0.05) is 58.0 Å². The maximum Gasteiger partial charge on any atom is 0.329 e. The van der Waals surface area contributed by atoms with Crippen LogP contribution in [0.4, 0.5) is 4.39 Å². The number of ketones is 2. The summed E-state index contributed by atoms with van der Waals surface area (Å²) in [6.45, 7) is 10.3. The molecule has 0 radical (unpaired) electrons. The molecule has 1 amide bonds. The van der Waals surface area contributed by atoms with Crippen LogP contribution >= 0.6 is 0 Å². The smallest absolute Gasteiger partial charge is 0.329 e. The molecule has 0 aromatic heterocycles. The Morgan fingerprint density at radius 2 is 1.59 bits per heavy atom. The zero-order chi connectivity index (χ0) is 46.2. The number of amides is 1. The van der Waals surface area contributed by atoms with E-state index >= 15 is 4.39 Å². The van der Waals surface area contributed by atoms with E-state index < -0.39 is 89.9 Å². The highest BCUT2D eigenvalue weighted by Gasteiger charge is 2.57. The first kappa shape index (κ1) is 50.5. The number of carbonyl (C=O) groups is 4. The van der Waals surface area contributed by atoms with E-state index in [4.69, 9.17) is 28.4 Å². The number of para-hydroxylation sites is 1. The standard InChI is InChI=1S/C49H72FNO12/c1-10-34-23-28(2)43(50)29(3)24-41(59-8)45-42(60-9)25-31(5)49(57,63-45)46(54)47(55)51-21-15-14-18-36(51)48(56)62-44(32(6)37(52)27-38(34)53)30(4)22-33-19-20-39(40(26-33)58-7)61-35-16-12-11-13-17-35/h11-13,16-17,22-23,29,31-34,36-37,39-45,52,57H,10,14-15,18-21,24-27H2,1-9H3/b28-23+,30-22?. The quantitative estimate of drug-likeness (QED) is 0.165. The van der Waals surface area contributed by atoms with Gasteiger partial charge in [0.05, 0.1) is 24.4 Å². The third-order valence-corrected chi connectivity index (χ3v) is 14.1. The number of fused-ring (bicyclic) bond motifs is 3. The van der Waals surface area contributed by atoms with Crippen molar-refractivity contribution in [1.29, 1.82) is 0 Å². The van der Waals surface area contributed by atoms with Crippen LogP contribution in [0.3, 0.4) is 0 Å². The highest BCUT2D eigenvalue weighted by Crippen LogP contribution is 2.40. The van der Waals surface area contributed by atoms with E-state index in [2.05, 4.69) is 0 Å². The van der Waals surface area contributed by atoms with E-state index in [9.17, 15) is 29.4 Å². The Hall–Kier alpha value is -3.53. The molecule has 3 heterocycles. The molecule has 3 aliphatic heterocycles. The number of hydrogen-bond donors (Lipinski definition) is 2. The zero-order valence-electron chi connectivity index (χ0n) is 38.7. The maximum absolute atomic E-state index is 16.3. The van der Waals surface area contributed by atoms with Crippen LogP contribution in [0.5, 0.6) is 5.75 Å². The van der Waals surface area contributed by atoms with E-state index in [0.717, 1.165) is 17.1 Å². The minimum Gasteiger partial charge on any atom is -0.488 e. The number of methoxy groups -OCH3 is 3. The summed E-state index contributed by atoms with van der Waals surface area (Å²) in [4.78, 5) is 58.2. The van der Waals surface area contributed by atoms with Gasteiger partial charge in [-0.25, -0.2) is 9.18 Å². The molecule has 14 heteroatoms. The Morgan fingerprint density at radius 3 is 2.24 bits per heavy atom. The predicted octanol–water partition coefficient (Wildman–Crippen LogP) is 6.51. The first-order chi connectivity index (χ1) is 30.0. The molecule has 63 heavy (non-hydrogen) atoms. The summed E-state index contributed by atoms with van der Waals surface area (Å²) in [6.07, 6.45) is 0.501. The van der Waals surface area contributed by atoms with Crippen molar-refractivity contribution in [3.05, 3.63) is 53.6 Å². The molecule has 352 valence electrons. The molecule has 5 rings (SSSR count). The van der Waals surface area contributed by atoms with E-state index in [-0.39, 0.29) is 56.1 Å². The molecule has 0 spiro atoms. The average Bonchev–Trinajstić information content (AvgIpc) is 3.28. The van der Waals surface area contributed by atoms with Gasteiger partial charge in [0.15, 0.2) is 0 Å². The fraction of sp³-hybridized carbons (Fsp3) is 0.714. The molecule has 2 N–H and O–H groups in total. The summed E-state index contributed by atoms with van der Waals surface area (Å²) in [6, 6.07) is 8.39. The second-order valence-electron chi connectivity index (χ2n) is 18.5. The van der Waals surface area contributed by atoms with Crippen LogP contribution < -0.4 is 4.74 Å². The molecule has 3 fully saturated rings. The molecule has 4 aliphatic rings. The lowest BCUT2D eigenvalue weighted by molar-refractivity contribution is -0.302. The van der Waals surface area contributed by atoms with Crippen molar-refractivity contribution in [3.63, 3.8) is 0 Å². The maximum atomic E-state index is 16.3. The number of nitrogens with zero attached hydrogens (tertiary/aromatic N) is 1. The number of cyclic esters (lactones) is 1. The summed E-state index contributed by atoms with van der Waals surface area (Å²) < 4.78 is 52.6. The number of aliphatic hydroxyl groups is 2. The minimum atomic E-state index is -2.60. The molecule has 1 aliphatic carbocycles. The fourth-order valence-electron chi connectivity index (χ4n) is 10.1. The van der Waals surface area contributed by atoms with Gasteiger partial charge in [0.25, 0.3) is 11.7 Å². The molecule has 2 bridgehead atoms. The van der Waals surface area contributed by atoms with E-state index in [1.54, 1.807) is 40.9 Å². The molecule has 15 atom stereocenters. The molecule has 1 aromatic rings. The lowest BCUT2D eigenvalue weighted by atomic mass is 9.81. The number of aliphatic hydroxyl groups excluding tert-OH is 1. The van der Waals surface area contributed by atoms with Crippen LogP contribution in [0.1, 0.15) is 106 Å². The van der Waals surface area contributed by atoms with Gasteiger partial charge in [0, 0.05) is 52.0 Å². The minimum absolute atomic E-state index is 0.00291.